The molecule has 0 unspecified atom stereocenters. The van der Waals surface area contributed by atoms with Crippen LogP contribution in [0.3, 0.4) is 0 Å². The largest absolute Gasteiger partial charge is 0.383 e. The molecule has 1 aliphatic rings. The molecular weight excluding hydrogens is 223 g/mol. The number of pyridine rings is 1. The summed E-state index contributed by atoms with van der Waals surface area (Å²) in [4.78, 5) is 17.4. The number of hydrogen-bond acceptors (Lipinski definition) is 3. The Kier molecular flexibility index (Phi) is 3.68. The number of nitrogens with zero attached hydrogens (tertiary/aromatic N) is 2. The molecule has 1 aromatic heterocycles. The third-order valence-electron chi connectivity index (χ3n) is 2.76. The van der Waals surface area contributed by atoms with Gasteiger partial charge in [0.2, 0.25) is 5.95 Å². The van der Waals surface area contributed by atoms with Crippen molar-refractivity contribution in [1.29, 1.82) is 0 Å². The highest BCUT2D eigenvalue weighted by atomic mass is 19.1. The van der Waals surface area contributed by atoms with Crippen LogP contribution in [-0.2, 0) is 4.74 Å². The van der Waals surface area contributed by atoms with E-state index in [1.807, 2.05) is 0 Å². The maximum absolute atomic E-state index is 12.7. The van der Waals surface area contributed by atoms with Crippen LogP contribution in [0.5, 0.6) is 0 Å². The zero-order valence-electron chi connectivity index (χ0n) is 9.73. The monoisotopic (exact) mass is 238 g/mol. The SMILES string of the molecule is COCCN(C(=O)c1ccc(F)nc1)C1CC1. The zero-order valence-corrected chi connectivity index (χ0v) is 9.73. The molecule has 0 aromatic carbocycles. The van der Waals surface area contributed by atoms with Crippen LogP contribution in [0.1, 0.15) is 23.2 Å². The number of carbonyl (C=O) groups excluding carboxylic acids is 1. The Morgan fingerprint density at radius 3 is 2.88 bits per heavy atom. The van der Waals surface area contributed by atoms with Gasteiger partial charge in [-0.25, -0.2) is 4.98 Å². The Balaban J connectivity index is 2.07. The van der Waals surface area contributed by atoms with Crippen molar-refractivity contribution >= 4 is 5.91 Å². The van der Waals surface area contributed by atoms with Gasteiger partial charge in [0.1, 0.15) is 0 Å². The number of hydrogen-bond donors (Lipinski definition) is 0. The summed E-state index contributed by atoms with van der Waals surface area (Å²) in [6.07, 6.45) is 3.34. The Morgan fingerprint density at radius 1 is 1.59 bits per heavy atom. The number of ether oxygens (including phenoxy) is 1. The molecule has 2 rings (SSSR count). The van der Waals surface area contributed by atoms with Gasteiger partial charge in [-0.1, -0.05) is 0 Å². The Morgan fingerprint density at radius 2 is 2.35 bits per heavy atom. The molecule has 1 saturated carbocycles. The lowest BCUT2D eigenvalue weighted by Gasteiger charge is -2.21. The first kappa shape index (κ1) is 12.0. The maximum Gasteiger partial charge on any atom is 0.255 e. The topological polar surface area (TPSA) is 42.4 Å². The highest BCUT2D eigenvalue weighted by Gasteiger charge is 2.32. The van der Waals surface area contributed by atoms with Crippen LogP contribution in [-0.4, -0.2) is 42.1 Å². The van der Waals surface area contributed by atoms with E-state index in [2.05, 4.69) is 4.98 Å². The smallest absolute Gasteiger partial charge is 0.255 e. The minimum absolute atomic E-state index is 0.1000. The van der Waals surface area contributed by atoms with Gasteiger partial charge in [0, 0.05) is 25.9 Å². The molecule has 0 spiro atoms. The van der Waals surface area contributed by atoms with E-state index in [0.29, 0.717) is 24.8 Å². The van der Waals surface area contributed by atoms with Crippen LogP contribution < -0.4 is 0 Å². The summed E-state index contributed by atoms with van der Waals surface area (Å²) in [5.41, 5.74) is 0.425. The van der Waals surface area contributed by atoms with Gasteiger partial charge < -0.3 is 9.64 Å². The van der Waals surface area contributed by atoms with Crippen LogP contribution in [0, 0.1) is 5.95 Å². The molecule has 0 aliphatic heterocycles. The molecule has 1 aromatic rings. The second-order valence-electron chi connectivity index (χ2n) is 4.09. The molecule has 1 aliphatic carbocycles. The predicted molar refractivity (Wildman–Crippen MR) is 60.1 cm³/mol. The standard InChI is InChI=1S/C12H15FN2O2/c1-17-7-6-15(10-3-4-10)12(16)9-2-5-11(13)14-8-9/h2,5,8,10H,3-4,6-7H2,1H3. The van der Waals surface area contributed by atoms with Crippen LogP contribution >= 0.6 is 0 Å². The van der Waals surface area contributed by atoms with E-state index in [-0.39, 0.29) is 5.91 Å². The van der Waals surface area contributed by atoms with Crippen molar-refractivity contribution in [2.75, 3.05) is 20.3 Å². The number of methoxy groups -OCH3 is 1. The highest BCUT2D eigenvalue weighted by molar-refractivity contribution is 5.94. The van der Waals surface area contributed by atoms with E-state index in [0.717, 1.165) is 12.8 Å². The average molecular weight is 238 g/mol. The first-order valence-electron chi connectivity index (χ1n) is 5.64. The zero-order chi connectivity index (χ0) is 12.3. The second-order valence-corrected chi connectivity index (χ2v) is 4.09. The van der Waals surface area contributed by atoms with Crippen molar-refractivity contribution in [1.82, 2.24) is 9.88 Å². The fourth-order valence-corrected chi connectivity index (χ4v) is 1.69. The van der Waals surface area contributed by atoms with E-state index in [1.54, 1.807) is 12.0 Å². The summed E-state index contributed by atoms with van der Waals surface area (Å²) in [6, 6.07) is 2.98. The lowest BCUT2D eigenvalue weighted by Crippen LogP contribution is -2.35. The molecule has 17 heavy (non-hydrogen) atoms. The molecule has 1 amide bonds. The fourth-order valence-electron chi connectivity index (χ4n) is 1.69. The van der Waals surface area contributed by atoms with Crippen molar-refractivity contribution in [3.8, 4) is 0 Å². The highest BCUT2D eigenvalue weighted by Crippen LogP contribution is 2.27. The Bertz CT molecular complexity index is 390. The van der Waals surface area contributed by atoms with Gasteiger partial charge in [-0.15, -0.1) is 0 Å². The molecule has 0 N–H and O–H groups in total. The Hall–Kier alpha value is -1.49. The lowest BCUT2D eigenvalue weighted by atomic mass is 10.2. The first-order valence-corrected chi connectivity index (χ1v) is 5.64. The van der Waals surface area contributed by atoms with Crippen LogP contribution in [0.15, 0.2) is 18.3 Å². The van der Waals surface area contributed by atoms with Crippen LogP contribution in [0.4, 0.5) is 4.39 Å². The first-order chi connectivity index (χ1) is 8.22. The average Bonchev–Trinajstić information content (AvgIpc) is 3.14. The van der Waals surface area contributed by atoms with Gasteiger partial charge in [0.25, 0.3) is 5.91 Å². The quantitative estimate of drug-likeness (QED) is 0.729. The molecule has 92 valence electrons. The molecule has 0 radical (unpaired) electrons. The number of amides is 1. The maximum atomic E-state index is 12.7. The lowest BCUT2D eigenvalue weighted by molar-refractivity contribution is 0.0679. The van der Waals surface area contributed by atoms with Gasteiger partial charge in [0.05, 0.1) is 12.2 Å². The summed E-state index contributed by atoms with van der Waals surface area (Å²) < 4.78 is 17.7. The van der Waals surface area contributed by atoms with Crippen LogP contribution in [0.2, 0.25) is 0 Å². The fraction of sp³-hybridized carbons (Fsp3) is 0.500. The summed E-state index contributed by atoms with van der Waals surface area (Å²) in [7, 11) is 1.61. The normalized spacial score (nSPS) is 14.7. The third kappa shape index (κ3) is 3.00. The predicted octanol–water partition coefficient (Wildman–Crippen LogP) is 1.47. The molecule has 0 bridgehead atoms. The summed E-state index contributed by atoms with van der Waals surface area (Å²) >= 11 is 0. The van der Waals surface area contributed by atoms with E-state index in [9.17, 15) is 9.18 Å². The van der Waals surface area contributed by atoms with E-state index >= 15 is 0 Å². The molecule has 1 fully saturated rings. The molecule has 0 saturated heterocycles. The minimum Gasteiger partial charge on any atom is -0.383 e. The van der Waals surface area contributed by atoms with E-state index in [1.165, 1.54) is 18.3 Å². The summed E-state index contributed by atoms with van der Waals surface area (Å²) in [5.74, 6) is -0.673. The number of rotatable bonds is 5. The van der Waals surface area contributed by atoms with Crippen molar-refractivity contribution in [2.24, 2.45) is 0 Å². The van der Waals surface area contributed by atoms with Crippen molar-refractivity contribution in [3.05, 3.63) is 29.8 Å². The van der Waals surface area contributed by atoms with Gasteiger partial charge in [-0.05, 0) is 25.0 Å². The van der Waals surface area contributed by atoms with Gasteiger partial charge in [0.15, 0.2) is 0 Å². The summed E-state index contributed by atoms with van der Waals surface area (Å²) in [6.45, 7) is 1.08. The van der Waals surface area contributed by atoms with Gasteiger partial charge in [-0.2, -0.15) is 4.39 Å². The third-order valence-corrected chi connectivity index (χ3v) is 2.76. The van der Waals surface area contributed by atoms with Crippen LogP contribution in [0.25, 0.3) is 0 Å². The van der Waals surface area contributed by atoms with Crippen molar-refractivity contribution in [2.45, 2.75) is 18.9 Å². The summed E-state index contributed by atoms with van der Waals surface area (Å²) in [5, 5.41) is 0. The molecule has 4 nitrogen and oxygen atoms in total. The molecular formula is C12H15FN2O2. The van der Waals surface area contributed by atoms with Crippen molar-refractivity contribution < 1.29 is 13.9 Å². The second kappa shape index (κ2) is 5.23. The van der Waals surface area contributed by atoms with Crippen molar-refractivity contribution in [3.63, 3.8) is 0 Å². The van der Waals surface area contributed by atoms with Gasteiger partial charge >= 0.3 is 0 Å². The number of carbonyl (C=O) groups is 1. The van der Waals surface area contributed by atoms with Gasteiger partial charge in [-0.3, -0.25) is 4.79 Å². The number of aromatic nitrogens is 1. The van der Waals surface area contributed by atoms with E-state index < -0.39 is 5.95 Å². The number of halogens is 1. The molecule has 1 heterocycles. The van der Waals surface area contributed by atoms with E-state index in [4.69, 9.17) is 4.74 Å². The minimum atomic E-state index is -0.573. The molecule has 0 atom stereocenters. The molecule has 5 heteroatoms. The Labute approximate surface area is 99.4 Å².